The van der Waals surface area contributed by atoms with Crippen molar-refractivity contribution in [2.24, 2.45) is 0 Å². The topological polar surface area (TPSA) is 78.7 Å². The second-order valence-corrected chi connectivity index (χ2v) is 6.93. The highest BCUT2D eigenvalue weighted by molar-refractivity contribution is 9.11. The molecule has 8 heteroatoms. The van der Waals surface area contributed by atoms with Crippen molar-refractivity contribution in [2.75, 3.05) is 11.9 Å². The predicted octanol–water partition coefficient (Wildman–Crippen LogP) is 3.71. The van der Waals surface area contributed by atoms with Crippen LogP contribution in [0.3, 0.4) is 0 Å². The number of unbranched alkanes of at least 4 members (excludes halogenated alkanes) is 3. The van der Waals surface area contributed by atoms with Gasteiger partial charge in [-0.15, -0.1) is 0 Å². The Balaban J connectivity index is 2.36. The van der Waals surface area contributed by atoms with E-state index < -0.39 is 5.91 Å². The number of hydroxylamine groups is 1. The maximum atomic E-state index is 11.3. The Kier molecular flexibility index (Phi) is 7.09. The lowest BCUT2D eigenvalue weighted by molar-refractivity contribution is -0.127. The van der Waals surface area contributed by atoms with Gasteiger partial charge in [0.25, 0.3) is 5.91 Å². The third-order valence-electron chi connectivity index (χ3n) is 3.29. The molecule has 0 aliphatic rings. The zero-order chi connectivity index (χ0) is 17.5. The largest absolute Gasteiger partial charge is 0.360 e. The van der Waals surface area contributed by atoms with Crippen molar-refractivity contribution in [1.82, 2.24) is 14.9 Å². The Labute approximate surface area is 157 Å². The molecule has 0 atom stereocenters. The van der Waals surface area contributed by atoms with Crippen molar-refractivity contribution in [3.8, 4) is 11.8 Å². The molecule has 1 amide bonds. The second-order valence-electron chi connectivity index (χ2n) is 5.16. The molecular formula is C16H18Br2N4O2. The van der Waals surface area contributed by atoms with Crippen LogP contribution < -0.4 is 10.8 Å². The number of carbonyl (C=O) groups is 1. The summed E-state index contributed by atoms with van der Waals surface area (Å²) in [4.78, 5) is 15.9. The van der Waals surface area contributed by atoms with E-state index in [0.29, 0.717) is 17.2 Å². The molecule has 2 heterocycles. The van der Waals surface area contributed by atoms with Gasteiger partial charge in [0.15, 0.2) is 11.3 Å². The van der Waals surface area contributed by atoms with Gasteiger partial charge in [-0.1, -0.05) is 25.7 Å². The van der Waals surface area contributed by atoms with Crippen LogP contribution in [0.1, 0.15) is 38.3 Å². The molecule has 3 N–H and O–H groups in total. The van der Waals surface area contributed by atoms with Crippen molar-refractivity contribution in [1.29, 1.82) is 0 Å². The van der Waals surface area contributed by atoms with E-state index in [1.807, 2.05) is 16.7 Å². The van der Waals surface area contributed by atoms with Crippen LogP contribution in [0.25, 0.3) is 5.65 Å². The van der Waals surface area contributed by atoms with Crippen molar-refractivity contribution in [3.05, 3.63) is 26.9 Å². The van der Waals surface area contributed by atoms with Crippen LogP contribution in [-0.4, -0.2) is 27.0 Å². The number of imidazole rings is 1. The number of nitrogens with one attached hydrogen (secondary N) is 2. The number of fused-ring (bicyclic) bond motifs is 1. The Morgan fingerprint density at radius 3 is 2.92 bits per heavy atom. The fourth-order valence-electron chi connectivity index (χ4n) is 2.14. The average molecular weight is 458 g/mol. The summed E-state index contributed by atoms with van der Waals surface area (Å²) in [5, 5.41) is 11.6. The normalized spacial score (nSPS) is 10.3. The van der Waals surface area contributed by atoms with Crippen LogP contribution in [-0.2, 0) is 4.79 Å². The van der Waals surface area contributed by atoms with Gasteiger partial charge in [-0.25, -0.2) is 10.5 Å². The molecule has 0 aromatic carbocycles. The molecule has 0 aliphatic heterocycles. The van der Waals surface area contributed by atoms with Gasteiger partial charge in [-0.05, 0) is 50.3 Å². The van der Waals surface area contributed by atoms with E-state index in [-0.39, 0.29) is 6.54 Å². The first-order valence-electron chi connectivity index (χ1n) is 7.59. The van der Waals surface area contributed by atoms with Crippen molar-refractivity contribution in [2.45, 2.75) is 32.6 Å². The van der Waals surface area contributed by atoms with E-state index in [9.17, 15) is 4.79 Å². The third-order valence-corrected chi connectivity index (χ3v) is 4.31. The zero-order valence-corrected chi connectivity index (χ0v) is 16.4. The molecule has 24 heavy (non-hydrogen) atoms. The van der Waals surface area contributed by atoms with E-state index in [2.05, 4.69) is 60.9 Å². The van der Waals surface area contributed by atoms with Crippen molar-refractivity contribution in [3.63, 3.8) is 0 Å². The lowest BCUT2D eigenvalue weighted by Gasteiger charge is -2.06. The van der Waals surface area contributed by atoms with Crippen LogP contribution in [0.5, 0.6) is 0 Å². The molecule has 0 saturated heterocycles. The predicted molar refractivity (Wildman–Crippen MR) is 100 cm³/mol. The van der Waals surface area contributed by atoms with E-state index >= 15 is 0 Å². The highest BCUT2D eigenvalue weighted by Gasteiger charge is 2.14. The average Bonchev–Trinajstić information content (AvgIpc) is 2.90. The Bertz CT molecular complexity index is 793. The van der Waals surface area contributed by atoms with Crippen LogP contribution >= 0.6 is 31.9 Å². The van der Waals surface area contributed by atoms with Gasteiger partial charge >= 0.3 is 0 Å². The minimum absolute atomic E-state index is 0.0844. The molecule has 0 bridgehead atoms. The number of hydrogen-bond acceptors (Lipinski definition) is 4. The number of hydrogen-bond donors (Lipinski definition) is 3. The number of carbonyl (C=O) groups excluding carboxylic acids is 1. The number of pyridine rings is 1. The molecule has 0 aliphatic carbocycles. The standard InChI is InChI=1S/C16H18Br2N4O2/c1-2-3-4-5-6-7-13-16(19-9-14(23)21-24)22-10-11(17)8-12(18)15(22)20-13/h8,10,19,24H,2-5,9H2,1H3,(H,21,23). The molecule has 0 fully saturated rings. The minimum atomic E-state index is -0.541. The molecule has 2 rings (SSSR count). The molecule has 6 nitrogen and oxygen atoms in total. The molecular weight excluding hydrogens is 440 g/mol. The van der Waals surface area contributed by atoms with Gasteiger partial charge in [0.2, 0.25) is 0 Å². The molecule has 0 unspecified atom stereocenters. The zero-order valence-electron chi connectivity index (χ0n) is 13.2. The molecule has 0 spiro atoms. The Hall–Kier alpha value is -1.56. The van der Waals surface area contributed by atoms with Gasteiger partial charge in [0.05, 0.1) is 11.0 Å². The molecule has 0 saturated carbocycles. The van der Waals surface area contributed by atoms with E-state index in [1.54, 1.807) is 5.48 Å². The number of halogens is 2. The van der Waals surface area contributed by atoms with Crippen LogP contribution in [0, 0.1) is 11.8 Å². The Morgan fingerprint density at radius 2 is 2.21 bits per heavy atom. The van der Waals surface area contributed by atoms with Crippen LogP contribution in [0.2, 0.25) is 0 Å². The first-order valence-corrected chi connectivity index (χ1v) is 9.18. The number of aromatic nitrogens is 2. The molecule has 2 aromatic rings. The lowest BCUT2D eigenvalue weighted by Crippen LogP contribution is -2.27. The molecule has 2 aromatic heterocycles. The van der Waals surface area contributed by atoms with Gasteiger partial charge < -0.3 is 5.32 Å². The van der Waals surface area contributed by atoms with Gasteiger partial charge in [0.1, 0.15) is 5.82 Å². The van der Waals surface area contributed by atoms with E-state index in [1.165, 1.54) is 0 Å². The molecule has 0 radical (unpaired) electrons. The number of nitrogens with zero attached hydrogens (tertiary/aromatic N) is 2. The van der Waals surface area contributed by atoms with Crippen LogP contribution in [0.4, 0.5) is 5.82 Å². The van der Waals surface area contributed by atoms with E-state index in [4.69, 9.17) is 5.21 Å². The first kappa shape index (κ1) is 18.8. The minimum Gasteiger partial charge on any atom is -0.360 e. The van der Waals surface area contributed by atoms with Gasteiger partial charge in [-0.2, -0.15) is 0 Å². The quantitative estimate of drug-likeness (QED) is 0.267. The fourth-order valence-corrected chi connectivity index (χ4v) is 3.41. The summed E-state index contributed by atoms with van der Waals surface area (Å²) in [7, 11) is 0. The smallest absolute Gasteiger partial charge is 0.262 e. The summed E-state index contributed by atoms with van der Waals surface area (Å²) in [6.45, 7) is 2.07. The summed E-state index contributed by atoms with van der Waals surface area (Å²) in [5.41, 5.74) is 2.86. The third kappa shape index (κ3) is 4.72. The number of amides is 1. The van der Waals surface area contributed by atoms with Crippen LogP contribution in [0.15, 0.2) is 21.2 Å². The number of anilines is 1. The maximum Gasteiger partial charge on any atom is 0.262 e. The van der Waals surface area contributed by atoms with Gasteiger partial charge in [0, 0.05) is 17.1 Å². The summed E-state index contributed by atoms with van der Waals surface area (Å²) >= 11 is 6.92. The van der Waals surface area contributed by atoms with Crippen molar-refractivity contribution >= 4 is 49.2 Å². The lowest BCUT2D eigenvalue weighted by atomic mass is 10.2. The van der Waals surface area contributed by atoms with Gasteiger partial charge in [-0.3, -0.25) is 14.4 Å². The summed E-state index contributed by atoms with van der Waals surface area (Å²) < 4.78 is 3.48. The number of rotatable bonds is 6. The summed E-state index contributed by atoms with van der Waals surface area (Å²) in [5.74, 6) is 6.27. The maximum absolute atomic E-state index is 11.3. The van der Waals surface area contributed by atoms with E-state index in [0.717, 1.165) is 34.6 Å². The van der Waals surface area contributed by atoms with Crippen molar-refractivity contribution < 1.29 is 10.0 Å². The summed E-state index contributed by atoms with van der Waals surface area (Å²) in [6, 6.07) is 1.89. The second kappa shape index (κ2) is 9.06. The molecule has 128 valence electrons. The monoisotopic (exact) mass is 456 g/mol. The summed E-state index contributed by atoms with van der Waals surface area (Å²) in [6.07, 6.45) is 6.01. The fraction of sp³-hybridized carbons (Fsp3) is 0.375. The Morgan fingerprint density at radius 1 is 1.42 bits per heavy atom. The SMILES string of the molecule is CCCCCC#Cc1nc2c(Br)cc(Br)cn2c1NCC(=O)NO. The highest BCUT2D eigenvalue weighted by atomic mass is 79.9. The highest BCUT2D eigenvalue weighted by Crippen LogP contribution is 2.27. The first-order chi connectivity index (χ1) is 11.6.